The smallest absolute Gasteiger partial charge is 0.0844 e. The number of hydrogen-bond donors (Lipinski definition) is 1. The van der Waals surface area contributed by atoms with Gasteiger partial charge in [0.25, 0.3) is 0 Å². The summed E-state index contributed by atoms with van der Waals surface area (Å²) in [4.78, 5) is 0. The summed E-state index contributed by atoms with van der Waals surface area (Å²) in [5.41, 5.74) is 1.88. The molecule has 0 amide bonds. The minimum Gasteiger partial charge on any atom is -0.379 e. The summed E-state index contributed by atoms with van der Waals surface area (Å²) in [5.74, 6) is 0.638. The van der Waals surface area contributed by atoms with E-state index in [0.29, 0.717) is 11.3 Å². The highest BCUT2D eigenvalue weighted by Gasteiger charge is 2.47. The van der Waals surface area contributed by atoms with E-state index < -0.39 is 0 Å². The molecule has 2 aliphatic rings. The Morgan fingerprint density at radius 3 is 2.50 bits per heavy atom. The fraction of sp³-hybridized carbons (Fsp3) is 0.833. The van der Waals surface area contributed by atoms with Gasteiger partial charge in [0.05, 0.1) is 18.8 Å². The van der Waals surface area contributed by atoms with Crippen molar-refractivity contribution in [2.75, 3.05) is 13.2 Å². The second-order valence-corrected chi connectivity index (χ2v) is 6.09. The Bertz CT molecular complexity index is 248. The van der Waals surface area contributed by atoms with Gasteiger partial charge in [-0.25, -0.2) is 0 Å². The van der Waals surface area contributed by atoms with Crippen molar-refractivity contribution in [1.82, 2.24) is 5.32 Å². The Hall–Kier alpha value is -0.500. The predicted molar refractivity (Wildman–Crippen MR) is 58.0 cm³/mol. The number of nitrogens with one attached hydrogen (secondary N) is 1. The van der Waals surface area contributed by atoms with Crippen LogP contribution in [0.2, 0.25) is 0 Å². The van der Waals surface area contributed by atoms with E-state index in [9.17, 15) is 0 Å². The molecule has 1 atom stereocenters. The lowest BCUT2D eigenvalue weighted by molar-refractivity contribution is -0.0653. The first-order valence-electron chi connectivity index (χ1n) is 5.45. The van der Waals surface area contributed by atoms with E-state index in [4.69, 9.17) is 4.74 Å². The molecule has 1 unspecified atom stereocenters. The summed E-state index contributed by atoms with van der Waals surface area (Å²) < 4.78 is 5.28. The van der Waals surface area contributed by atoms with Gasteiger partial charge < -0.3 is 10.1 Å². The monoisotopic (exact) mass is 195 g/mol. The average molecular weight is 195 g/mol. The fourth-order valence-corrected chi connectivity index (χ4v) is 2.56. The molecule has 80 valence electrons. The maximum absolute atomic E-state index is 5.28. The highest BCUT2D eigenvalue weighted by Crippen LogP contribution is 2.41. The van der Waals surface area contributed by atoms with Crippen molar-refractivity contribution >= 4 is 0 Å². The maximum Gasteiger partial charge on any atom is 0.0844 e. The second kappa shape index (κ2) is 2.99. The summed E-state index contributed by atoms with van der Waals surface area (Å²) >= 11 is 0. The van der Waals surface area contributed by atoms with Crippen LogP contribution in [-0.4, -0.2) is 18.8 Å². The fourth-order valence-electron chi connectivity index (χ4n) is 2.56. The molecule has 2 saturated heterocycles. The van der Waals surface area contributed by atoms with Crippen LogP contribution in [-0.2, 0) is 4.74 Å². The van der Waals surface area contributed by atoms with Crippen LogP contribution in [0.4, 0.5) is 0 Å². The lowest BCUT2D eigenvalue weighted by atomic mass is 9.80. The van der Waals surface area contributed by atoms with Gasteiger partial charge in [-0.05, 0) is 18.3 Å². The second-order valence-electron chi connectivity index (χ2n) is 6.09. The van der Waals surface area contributed by atoms with E-state index in [2.05, 4.69) is 32.7 Å². The molecule has 2 rings (SSSR count). The number of hydrogen-bond acceptors (Lipinski definition) is 2. The Kier molecular flexibility index (Phi) is 2.15. The molecule has 0 aromatic rings. The third-order valence-corrected chi connectivity index (χ3v) is 3.17. The molecule has 14 heavy (non-hydrogen) atoms. The Morgan fingerprint density at radius 2 is 2.14 bits per heavy atom. The Labute approximate surface area is 86.7 Å². The van der Waals surface area contributed by atoms with Gasteiger partial charge in [-0.1, -0.05) is 27.4 Å². The van der Waals surface area contributed by atoms with Crippen molar-refractivity contribution < 1.29 is 4.74 Å². The summed E-state index contributed by atoms with van der Waals surface area (Å²) in [5, 5.41) is 3.52. The number of ether oxygens (including phenoxy) is 1. The molecule has 0 saturated carbocycles. The van der Waals surface area contributed by atoms with Gasteiger partial charge >= 0.3 is 0 Å². The zero-order chi connectivity index (χ0) is 10.4. The van der Waals surface area contributed by atoms with Gasteiger partial charge in [0.15, 0.2) is 0 Å². The van der Waals surface area contributed by atoms with Gasteiger partial charge in [0.2, 0.25) is 0 Å². The number of rotatable bonds is 1. The molecule has 1 N–H and O–H groups in total. The Balaban J connectivity index is 1.98. The molecule has 2 heteroatoms. The molecule has 0 aromatic heterocycles. The molecular weight excluding hydrogens is 174 g/mol. The van der Waals surface area contributed by atoms with Crippen LogP contribution in [0.3, 0.4) is 0 Å². The first-order valence-corrected chi connectivity index (χ1v) is 5.45. The van der Waals surface area contributed by atoms with Gasteiger partial charge in [-0.3, -0.25) is 0 Å². The highest BCUT2D eigenvalue weighted by atomic mass is 16.5. The normalized spacial score (nSPS) is 30.2. The summed E-state index contributed by atoms with van der Waals surface area (Å²) in [6.07, 6.45) is 2.43. The van der Waals surface area contributed by atoms with E-state index in [1.54, 1.807) is 0 Å². The minimum atomic E-state index is 0.257. The number of allylic oxidation sites excluding steroid dienone is 1. The molecule has 2 heterocycles. The lowest BCUT2D eigenvalue weighted by Gasteiger charge is -2.38. The molecule has 2 nitrogen and oxygen atoms in total. The lowest BCUT2D eigenvalue weighted by Crippen LogP contribution is -2.56. The largest absolute Gasteiger partial charge is 0.379 e. The highest BCUT2D eigenvalue weighted by molar-refractivity contribution is 5.17. The first kappa shape index (κ1) is 10.0. The van der Waals surface area contributed by atoms with Crippen LogP contribution in [0.15, 0.2) is 12.3 Å². The topological polar surface area (TPSA) is 21.3 Å². The SMILES string of the molecule is C=C1NC2(COC2)CC1CC(C)(C)C. The van der Waals surface area contributed by atoms with E-state index in [-0.39, 0.29) is 5.54 Å². The van der Waals surface area contributed by atoms with Crippen molar-refractivity contribution in [2.45, 2.75) is 39.2 Å². The van der Waals surface area contributed by atoms with E-state index >= 15 is 0 Å². The quantitative estimate of drug-likeness (QED) is 0.693. The molecule has 2 aliphatic heterocycles. The van der Waals surface area contributed by atoms with E-state index in [0.717, 1.165) is 13.2 Å². The van der Waals surface area contributed by atoms with Crippen molar-refractivity contribution in [2.24, 2.45) is 11.3 Å². The zero-order valence-corrected chi connectivity index (χ0v) is 9.52. The Morgan fingerprint density at radius 1 is 1.50 bits per heavy atom. The third-order valence-electron chi connectivity index (χ3n) is 3.17. The summed E-state index contributed by atoms with van der Waals surface area (Å²) in [7, 11) is 0. The summed E-state index contributed by atoms with van der Waals surface area (Å²) in [6.45, 7) is 12.7. The predicted octanol–water partition coefficient (Wildman–Crippen LogP) is 2.31. The van der Waals surface area contributed by atoms with Crippen molar-refractivity contribution in [3.8, 4) is 0 Å². The van der Waals surface area contributed by atoms with E-state index in [1.807, 2.05) is 0 Å². The van der Waals surface area contributed by atoms with Crippen LogP contribution in [0, 0.1) is 11.3 Å². The van der Waals surface area contributed by atoms with Crippen LogP contribution in [0.25, 0.3) is 0 Å². The zero-order valence-electron chi connectivity index (χ0n) is 9.52. The standard InChI is InChI=1S/C12H21NO/c1-9-10(5-11(2,3)4)6-12(13-9)7-14-8-12/h10,13H,1,5-8H2,2-4H3. The van der Waals surface area contributed by atoms with Crippen molar-refractivity contribution in [3.05, 3.63) is 12.3 Å². The van der Waals surface area contributed by atoms with Gasteiger partial charge in [0, 0.05) is 11.6 Å². The average Bonchev–Trinajstić information content (AvgIpc) is 2.24. The van der Waals surface area contributed by atoms with Gasteiger partial charge in [-0.2, -0.15) is 0 Å². The van der Waals surface area contributed by atoms with Crippen LogP contribution in [0.1, 0.15) is 33.6 Å². The van der Waals surface area contributed by atoms with Crippen LogP contribution >= 0.6 is 0 Å². The van der Waals surface area contributed by atoms with Crippen molar-refractivity contribution in [1.29, 1.82) is 0 Å². The first-order chi connectivity index (χ1) is 6.40. The van der Waals surface area contributed by atoms with Crippen molar-refractivity contribution in [3.63, 3.8) is 0 Å². The molecule has 1 spiro atoms. The molecule has 0 bridgehead atoms. The molecule has 0 radical (unpaired) electrons. The minimum absolute atomic E-state index is 0.257. The molecule has 0 aliphatic carbocycles. The van der Waals surface area contributed by atoms with Crippen LogP contribution in [0.5, 0.6) is 0 Å². The molecule has 0 aromatic carbocycles. The summed E-state index contributed by atoms with van der Waals surface area (Å²) in [6, 6.07) is 0. The third kappa shape index (κ3) is 1.81. The van der Waals surface area contributed by atoms with E-state index in [1.165, 1.54) is 18.5 Å². The van der Waals surface area contributed by atoms with Gasteiger partial charge in [-0.15, -0.1) is 0 Å². The van der Waals surface area contributed by atoms with Gasteiger partial charge in [0.1, 0.15) is 0 Å². The molecular formula is C12H21NO. The maximum atomic E-state index is 5.28. The molecule has 2 fully saturated rings. The van der Waals surface area contributed by atoms with Crippen LogP contribution < -0.4 is 5.32 Å².